The SMILES string of the molecule is C=CCN(CC=C)CCC(NCC)c1ccc(Br)cc1. The number of nitrogens with one attached hydrogen (secondary N) is 1. The average molecular weight is 337 g/mol. The molecule has 1 aromatic rings. The van der Waals surface area contributed by atoms with Crippen molar-refractivity contribution in [1.29, 1.82) is 0 Å². The number of nitrogens with zero attached hydrogens (tertiary/aromatic N) is 1. The second-order valence-corrected chi connectivity index (χ2v) is 5.70. The number of benzene rings is 1. The van der Waals surface area contributed by atoms with Crippen LogP contribution in [0.1, 0.15) is 24.9 Å². The summed E-state index contributed by atoms with van der Waals surface area (Å²) >= 11 is 3.49. The lowest BCUT2D eigenvalue weighted by Crippen LogP contribution is -2.30. The minimum Gasteiger partial charge on any atom is -0.310 e. The van der Waals surface area contributed by atoms with Gasteiger partial charge < -0.3 is 5.32 Å². The van der Waals surface area contributed by atoms with Crippen LogP contribution in [0.15, 0.2) is 54.0 Å². The van der Waals surface area contributed by atoms with E-state index in [4.69, 9.17) is 0 Å². The largest absolute Gasteiger partial charge is 0.310 e. The molecular weight excluding hydrogens is 312 g/mol. The van der Waals surface area contributed by atoms with Crippen LogP contribution >= 0.6 is 15.9 Å². The standard InChI is InChI=1S/C17H25BrN2/c1-4-12-20(13-5-2)14-11-17(19-6-3)15-7-9-16(18)10-8-15/h4-5,7-10,17,19H,1-2,6,11-14H2,3H3. The van der Waals surface area contributed by atoms with Crippen LogP contribution < -0.4 is 5.32 Å². The Kier molecular flexibility index (Phi) is 8.51. The molecule has 1 aromatic carbocycles. The molecule has 0 heterocycles. The molecule has 0 aliphatic rings. The molecule has 110 valence electrons. The zero-order valence-corrected chi connectivity index (χ0v) is 13.9. The maximum absolute atomic E-state index is 3.82. The monoisotopic (exact) mass is 336 g/mol. The average Bonchev–Trinajstić information content (AvgIpc) is 2.45. The van der Waals surface area contributed by atoms with Gasteiger partial charge in [-0.05, 0) is 30.7 Å². The van der Waals surface area contributed by atoms with Gasteiger partial charge >= 0.3 is 0 Å². The van der Waals surface area contributed by atoms with Crippen LogP contribution in [-0.4, -0.2) is 31.1 Å². The van der Waals surface area contributed by atoms with E-state index in [1.54, 1.807) is 0 Å². The van der Waals surface area contributed by atoms with E-state index in [1.807, 2.05) is 12.2 Å². The summed E-state index contributed by atoms with van der Waals surface area (Å²) in [5.74, 6) is 0. The first-order chi connectivity index (χ1) is 9.71. The molecule has 0 aliphatic carbocycles. The molecule has 0 radical (unpaired) electrons. The van der Waals surface area contributed by atoms with Gasteiger partial charge in [-0.15, -0.1) is 13.2 Å². The third kappa shape index (κ3) is 6.04. The highest BCUT2D eigenvalue weighted by molar-refractivity contribution is 9.10. The van der Waals surface area contributed by atoms with Crippen LogP contribution in [-0.2, 0) is 0 Å². The van der Waals surface area contributed by atoms with Gasteiger partial charge in [0.2, 0.25) is 0 Å². The Bertz CT molecular complexity index is 390. The zero-order valence-electron chi connectivity index (χ0n) is 12.3. The van der Waals surface area contributed by atoms with E-state index >= 15 is 0 Å². The van der Waals surface area contributed by atoms with Crippen molar-refractivity contribution in [1.82, 2.24) is 10.2 Å². The molecule has 2 nitrogen and oxygen atoms in total. The molecule has 1 unspecified atom stereocenters. The maximum Gasteiger partial charge on any atom is 0.0332 e. The number of halogens is 1. The van der Waals surface area contributed by atoms with E-state index in [0.29, 0.717) is 6.04 Å². The van der Waals surface area contributed by atoms with Crippen molar-refractivity contribution in [3.8, 4) is 0 Å². The van der Waals surface area contributed by atoms with E-state index in [0.717, 1.165) is 37.1 Å². The van der Waals surface area contributed by atoms with Gasteiger partial charge in [0, 0.05) is 30.1 Å². The highest BCUT2D eigenvalue weighted by Gasteiger charge is 2.11. The summed E-state index contributed by atoms with van der Waals surface area (Å²) in [4.78, 5) is 2.35. The van der Waals surface area contributed by atoms with Crippen molar-refractivity contribution in [3.05, 3.63) is 59.6 Å². The molecule has 0 saturated carbocycles. The molecule has 3 heteroatoms. The van der Waals surface area contributed by atoms with E-state index in [1.165, 1.54) is 5.56 Å². The number of hydrogen-bond acceptors (Lipinski definition) is 2. The van der Waals surface area contributed by atoms with E-state index < -0.39 is 0 Å². The van der Waals surface area contributed by atoms with Gasteiger partial charge in [-0.3, -0.25) is 4.90 Å². The van der Waals surface area contributed by atoms with Crippen LogP contribution in [0.5, 0.6) is 0 Å². The minimum atomic E-state index is 0.394. The Morgan fingerprint density at radius 2 is 1.80 bits per heavy atom. The van der Waals surface area contributed by atoms with Gasteiger partial charge in [-0.1, -0.05) is 47.1 Å². The quantitative estimate of drug-likeness (QED) is 0.645. The second-order valence-electron chi connectivity index (χ2n) is 4.79. The Labute approximate surface area is 131 Å². The highest BCUT2D eigenvalue weighted by atomic mass is 79.9. The molecule has 0 saturated heterocycles. The summed E-state index contributed by atoms with van der Waals surface area (Å²) in [5.41, 5.74) is 1.34. The molecular formula is C17H25BrN2. The predicted octanol–water partition coefficient (Wildman–Crippen LogP) is 4.16. The van der Waals surface area contributed by atoms with Crippen LogP contribution in [0, 0.1) is 0 Å². The molecule has 0 aliphatic heterocycles. The maximum atomic E-state index is 3.82. The van der Waals surface area contributed by atoms with Crippen molar-refractivity contribution in [2.24, 2.45) is 0 Å². The van der Waals surface area contributed by atoms with Crippen LogP contribution in [0.4, 0.5) is 0 Å². The second kappa shape index (κ2) is 9.92. The summed E-state index contributed by atoms with van der Waals surface area (Å²) in [7, 11) is 0. The predicted molar refractivity (Wildman–Crippen MR) is 92.0 cm³/mol. The Morgan fingerprint density at radius 1 is 1.20 bits per heavy atom. The van der Waals surface area contributed by atoms with E-state index in [2.05, 4.69) is 70.5 Å². The van der Waals surface area contributed by atoms with Gasteiger partial charge in [0.25, 0.3) is 0 Å². The molecule has 20 heavy (non-hydrogen) atoms. The third-order valence-electron chi connectivity index (χ3n) is 3.23. The van der Waals surface area contributed by atoms with Gasteiger partial charge in [-0.2, -0.15) is 0 Å². The first kappa shape index (κ1) is 17.2. The summed E-state index contributed by atoms with van der Waals surface area (Å²) in [6.07, 6.45) is 4.98. The summed E-state index contributed by atoms with van der Waals surface area (Å²) in [6, 6.07) is 8.96. The lowest BCUT2D eigenvalue weighted by Gasteiger charge is -2.24. The first-order valence-corrected chi connectivity index (χ1v) is 7.93. The lowest BCUT2D eigenvalue weighted by molar-refractivity contribution is 0.308. The molecule has 0 fully saturated rings. The lowest BCUT2D eigenvalue weighted by atomic mass is 10.0. The summed E-state index contributed by atoms with van der Waals surface area (Å²) in [6.45, 7) is 13.6. The van der Waals surface area contributed by atoms with Crippen molar-refractivity contribution < 1.29 is 0 Å². The zero-order chi connectivity index (χ0) is 14.8. The van der Waals surface area contributed by atoms with E-state index in [-0.39, 0.29) is 0 Å². The fraction of sp³-hybridized carbons (Fsp3) is 0.412. The molecule has 1 N–H and O–H groups in total. The van der Waals surface area contributed by atoms with Crippen LogP contribution in [0.25, 0.3) is 0 Å². The van der Waals surface area contributed by atoms with Crippen molar-refractivity contribution >= 4 is 15.9 Å². The Hall–Kier alpha value is -0.900. The molecule has 1 atom stereocenters. The fourth-order valence-electron chi connectivity index (χ4n) is 2.26. The highest BCUT2D eigenvalue weighted by Crippen LogP contribution is 2.20. The van der Waals surface area contributed by atoms with Gasteiger partial charge in [0.15, 0.2) is 0 Å². The topological polar surface area (TPSA) is 15.3 Å². The summed E-state index contributed by atoms with van der Waals surface area (Å²) < 4.78 is 1.12. The van der Waals surface area contributed by atoms with Gasteiger partial charge in [0.1, 0.15) is 0 Å². The normalized spacial score (nSPS) is 12.3. The molecule has 0 bridgehead atoms. The fourth-order valence-corrected chi connectivity index (χ4v) is 2.53. The van der Waals surface area contributed by atoms with Crippen molar-refractivity contribution in [2.45, 2.75) is 19.4 Å². The minimum absolute atomic E-state index is 0.394. The van der Waals surface area contributed by atoms with Crippen LogP contribution in [0.2, 0.25) is 0 Å². The molecule has 0 spiro atoms. The van der Waals surface area contributed by atoms with Crippen molar-refractivity contribution in [2.75, 3.05) is 26.2 Å². The van der Waals surface area contributed by atoms with Gasteiger partial charge in [-0.25, -0.2) is 0 Å². The molecule has 0 amide bonds. The van der Waals surface area contributed by atoms with Crippen LogP contribution in [0.3, 0.4) is 0 Å². The Balaban J connectivity index is 2.63. The molecule has 1 rings (SSSR count). The summed E-state index contributed by atoms with van der Waals surface area (Å²) in [5, 5.41) is 3.56. The Morgan fingerprint density at radius 3 is 2.30 bits per heavy atom. The number of hydrogen-bond donors (Lipinski definition) is 1. The molecule has 0 aromatic heterocycles. The number of rotatable bonds is 10. The van der Waals surface area contributed by atoms with Crippen molar-refractivity contribution in [3.63, 3.8) is 0 Å². The first-order valence-electron chi connectivity index (χ1n) is 7.14. The third-order valence-corrected chi connectivity index (χ3v) is 3.76. The van der Waals surface area contributed by atoms with Gasteiger partial charge in [0.05, 0.1) is 0 Å². The smallest absolute Gasteiger partial charge is 0.0332 e. The van der Waals surface area contributed by atoms with E-state index in [9.17, 15) is 0 Å².